The van der Waals surface area contributed by atoms with Gasteiger partial charge in [-0.15, -0.1) is 0 Å². The Hall–Kier alpha value is -0.170. The monoisotopic (exact) mass is 196 g/mol. The van der Waals surface area contributed by atoms with Gasteiger partial charge in [-0.05, 0) is 39.0 Å². The highest BCUT2D eigenvalue weighted by Gasteiger charge is 2.11. The Balaban J connectivity index is 0.000000236. The zero-order valence-corrected chi connectivity index (χ0v) is 9.62. The third-order valence-corrected chi connectivity index (χ3v) is 2.95. The molecular formula is C12H20S. The molecule has 1 aliphatic heterocycles. The predicted octanol–water partition coefficient (Wildman–Crippen LogP) is 4.04. The van der Waals surface area contributed by atoms with Gasteiger partial charge in [0.1, 0.15) is 0 Å². The molecule has 0 bridgehead atoms. The standard InChI is InChI=1S/C10H16.C2H4S/c1-8(2)10-6-4-9(3)5-7-10;1-2-3-1/h4,10H,1,5-7H2,2-3H3;1-2H2. The zero-order chi connectivity index (χ0) is 9.68. The van der Waals surface area contributed by atoms with Crippen LogP contribution in [-0.2, 0) is 0 Å². The van der Waals surface area contributed by atoms with Crippen molar-refractivity contribution in [2.24, 2.45) is 5.92 Å². The van der Waals surface area contributed by atoms with Gasteiger partial charge in [-0.25, -0.2) is 0 Å². The van der Waals surface area contributed by atoms with Crippen LogP contribution in [-0.4, -0.2) is 11.5 Å². The molecule has 0 nitrogen and oxygen atoms in total. The maximum Gasteiger partial charge on any atom is 0.00238 e. The molecule has 1 atom stereocenters. The number of thioether (sulfide) groups is 1. The molecular weight excluding hydrogens is 176 g/mol. The highest BCUT2D eigenvalue weighted by atomic mass is 32.2. The van der Waals surface area contributed by atoms with E-state index in [0.29, 0.717) is 0 Å². The molecule has 2 rings (SSSR count). The molecule has 1 saturated heterocycles. The minimum atomic E-state index is 0.767. The summed E-state index contributed by atoms with van der Waals surface area (Å²) in [6, 6.07) is 0. The van der Waals surface area contributed by atoms with Gasteiger partial charge < -0.3 is 0 Å². The molecule has 0 N–H and O–H groups in total. The summed E-state index contributed by atoms with van der Waals surface area (Å²) >= 11 is 2.00. The Morgan fingerprint density at radius 1 is 1.54 bits per heavy atom. The average Bonchev–Trinajstić information content (AvgIpc) is 2.90. The highest BCUT2D eigenvalue weighted by molar-refractivity contribution is 8.06. The molecule has 1 fully saturated rings. The van der Waals surface area contributed by atoms with Crippen molar-refractivity contribution in [3.63, 3.8) is 0 Å². The molecule has 0 aromatic carbocycles. The second-order valence-corrected chi connectivity index (χ2v) is 5.21. The van der Waals surface area contributed by atoms with E-state index >= 15 is 0 Å². The molecule has 0 saturated carbocycles. The lowest BCUT2D eigenvalue weighted by molar-refractivity contribution is 0.540. The first-order valence-electron chi connectivity index (χ1n) is 5.09. The second kappa shape index (κ2) is 5.54. The van der Waals surface area contributed by atoms with E-state index in [1.54, 1.807) is 5.57 Å². The van der Waals surface area contributed by atoms with Gasteiger partial charge in [0.05, 0.1) is 0 Å². The summed E-state index contributed by atoms with van der Waals surface area (Å²) in [5, 5.41) is 0. The maximum absolute atomic E-state index is 3.97. The van der Waals surface area contributed by atoms with Crippen LogP contribution >= 0.6 is 11.8 Å². The predicted molar refractivity (Wildman–Crippen MR) is 63.2 cm³/mol. The lowest BCUT2D eigenvalue weighted by Crippen LogP contribution is -2.04. The van der Waals surface area contributed by atoms with Gasteiger partial charge in [-0.2, -0.15) is 11.8 Å². The first-order chi connectivity index (χ1) is 6.20. The number of rotatable bonds is 1. The summed E-state index contributed by atoms with van der Waals surface area (Å²) in [5.41, 5.74) is 2.90. The van der Waals surface area contributed by atoms with Crippen LogP contribution < -0.4 is 0 Å². The Bertz CT molecular complexity index is 198. The number of hydrogen-bond acceptors (Lipinski definition) is 1. The van der Waals surface area contributed by atoms with E-state index in [1.807, 2.05) is 11.8 Å². The van der Waals surface area contributed by atoms with Gasteiger partial charge in [0, 0.05) is 11.5 Å². The van der Waals surface area contributed by atoms with Gasteiger partial charge in [0.15, 0.2) is 0 Å². The Morgan fingerprint density at radius 2 is 2.15 bits per heavy atom. The smallest absolute Gasteiger partial charge is 0.00238 e. The van der Waals surface area contributed by atoms with E-state index in [-0.39, 0.29) is 0 Å². The fourth-order valence-corrected chi connectivity index (χ4v) is 1.41. The molecule has 1 heteroatoms. The number of allylic oxidation sites excluding steroid dienone is 3. The summed E-state index contributed by atoms with van der Waals surface area (Å²) in [6.07, 6.45) is 6.17. The largest absolute Gasteiger partial charge is 0.160 e. The molecule has 0 aromatic heterocycles. The minimum Gasteiger partial charge on any atom is -0.160 e. The van der Waals surface area contributed by atoms with Crippen LogP contribution in [0.15, 0.2) is 23.8 Å². The Kier molecular flexibility index (Phi) is 4.65. The fourth-order valence-electron chi connectivity index (χ4n) is 1.41. The van der Waals surface area contributed by atoms with E-state index in [4.69, 9.17) is 0 Å². The van der Waals surface area contributed by atoms with Crippen molar-refractivity contribution in [2.75, 3.05) is 11.5 Å². The molecule has 0 spiro atoms. The summed E-state index contributed by atoms with van der Waals surface area (Å²) in [5.74, 6) is 3.60. The van der Waals surface area contributed by atoms with Gasteiger partial charge in [0.25, 0.3) is 0 Å². The van der Waals surface area contributed by atoms with Crippen LogP contribution in [0.5, 0.6) is 0 Å². The van der Waals surface area contributed by atoms with Crippen LogP contribution in [0.3, 0.4) is 0 Å². The van der Waals surface area contributed by atoms with Crippen molar-refractivity contribution in [3.8, 4) is 0 Å². The van der Waals surface area contributed by atoms with E-state index in [2.05, 4.69) is 26.5 Å². The van der Waals surface area contributed by atoms with E-state index in [0.717, 1.165) is 5.92 Å². The first kappa shape index (κ1) is 10.9. The van der Waals surface area contributed by atoms with Crippen LogP contribution in [0, 0.1) is 5.92 Å². The average molecular weight is 196 g/mol. The van der Waals surface area contributed by atoms with Crippen LogP contribution in [0.1, 0.15) is 33.1 Å². The molecule has 74 valence electrons. The van der Waals surface area contributed by atoms with Crippen LogP contribution in [0.2, 0.25) is 0 Å². The summed E-state index contributed by atoms with van der Waals surface area (Å²) in [7, 11) is 0. The molecule has 13 heavy (non-hydrogen) atoms. The minimum absolute atomic E-state index is 0.767. The summed E-state index contributed by atoms with van der Waals surface area (Å²) < 4.78 is 0. The maximum atomic E-state index is 3.97. The normalized spacial score (nSPS) is 25.4. The van der Waals surface area contributed by atoms with Crippen molar-refractivity contribution >= 4 is 11.8 Å². The highest BCUT2D eigenvalue weighted by Crippen LogP contribution is 2.27. The Labute approximate surface area is 86.5 Å². The van der Waals surface area contributed by atoms with Gasteiger partial charge in [-0.1, -0.05) is 23.8 Å². The number of hydrogen-bond donors (Lipinski definition) is 0. The van der Waals surface area contributed by atoms with Crippen LogP contribution in [0.25, 0.3) is 0 Å². The first-order valence-corrected chi connectivity index (χ1v) is 6.24. The lowest BCUT2D eigenvalue weighted by Gasteiger charge is -2.19. The van der Waals surface area contributed by atoms with Crippen molar-refractivity contribution in [1.82, 2.24) is 0 Å². The Morgan fingerprint density at radius 3 is 2.46 bits per heavy atom. The van der Waals surface area contributed by atoms with E-state index < -0.39 is 0 Å². The molecule has 0 radical (unpaired) electrons. The van der Waals surface area contributed by atoms with E-state index in [9.17, 15) is 0 Å². The lowest BCUT2D eigenvalue weighted by atomic mass is 9.86. The third-order valence-electron chi connectivity index (χ3n) is 2.54. The molecule has 0 aromatic rings. The molecule has 2 aliphatic rings. The van der Waals surface area contributed by atoms with Gasteiger partial charge in [-0.3, -0.25) is 0 Å². The van der Waals surface area contributed by atoms with Crippen molar-refractivity contribution in [1.29, 1.82) is 0 Å². The van der Waals surface area contributed by atoms with Crippen molar-refractivity contribution in [2.45, 2.75) is 33.1 Å². The molecule has 1 aliphatic carbocycles. The van der Waals surface area contributed by atoms with Gasteiger partial charge in [0.2, 0.25) is 0 Å². The SMILES string of the molecule is C1CS1.C=C(C)C1CC=C(C)CC1. The van der Waals surface area contributed by atoms with Gasteiger partial charge >= 0.3 is 0 Å². The molecule has 1 unspecified atom stereocenters. The van der Waals surface area contributed by atoms with Crippen molar-refractivity contribution < 1.29 is 0 Å². The quantitative estimate of drug-likeness (QED) is 0.450. The van der Waals surface area contributed by atoms with Crippen LogP contribution in [0.4, 0.5) is 0 Å². The summed E-state index contributed by atoms with van der Waals surface area (Å²) in [4.78, 5) is 0. The zero-order valence-electron chi connectivity index (χ0n) is 8.81. The van der Waals surface area contributed by atoms with E-state index in [1.165, 1.54) is 36.3 Å². The van der Waals surface area contributed by atoms with Crippen molar-refractivity contribution in [3.05, 3.63) is 23.8 Å². The topological polar surface area (TPSA) is 0 Å². The third kappa shape index (κ3) is 5.20. The second-order valence-electron chi connectivity index (χ2n) is 3.98. The molecule has 0 amide bonds. The molecule has 1 heterocycles. The summed E-state index contributed by atoms with van der Waals surface area (Å²) in [6.45, 7) is 8.33. The fraction of sp³-hybridized carbons (Fsp3) is 0.667.